The number of hydrogen-bond acceptors (Lipinski definition) is 4. The maximum absolute atomic E-state index is 13.0. The Bertz CT molecular complexity index is 491. The molecule has 0 aliphatic heterocycles. The Labute approximate surface area is 110 Å². The number of anilines is 1. The minimum absolute atomic E-state index is 0.0278. The Hall–Kier alpha value is -2.18. The molecule has 0 bridgehead atoms. The van der Waals surface area contributed by atoms with Crippen LogP contribution in [0.2, 0.25) is 0 Å². The van der Waals surface area contributed by atoms with Crippen LogP contribution in [0.3, 0.4) is 0 Å². The van der Waals surface area contributed by atoms with E-state index in [1.807, 2.05) is 13.8 Å². The molecule has 1 unspecified atom stereocenters. The van der Waals surface area contributed by atoms with Crippen LogP contribution in [0.4, 0.5) is 15.8 Å². The molecule has 19 heavy (non-hydrogen) atoms. The fraction of sp³-hybridized carbons (Fsp3) is 0.417. The number of nitrogens with one attached hydrogen (secondary N) is 2. The molecule has 1 aromatic rings. The standard InChI is InChI=1S/C12H16FN3O3/c1-7(2)14-12(17)8(3)15-10-5-4-9(13)6-11(10)16(18)19/h4-8,15H,1-3H3,(H,14,17). The molecule has 0 aliphatic carbocycles. The summed E-state index contributed by atoms with van der Waals surface area (Å²) in [5.41, 5.74) is -0.290. The van der Waals surface area contributed by atoms with Crippen molar-refractivity contribution in [2.45, 2.75) is 32.9 Å². The van der Waals surface area contributed by atoms with Gasteiger partial charge in [-0.15, -0.1) is 0 Å². The lowest BCUT2D eigenvalue weighted by atomic mass is 10.2. The van der Waals surface area contributed by atoms with Gasteiger partial charge in [-0.05, 0) is 32.9 Å². The van der Waals surface area contributed by atoms with Crippen molar-refractivity contribution < 1.29 is 14.1 Å². The van der Waals surface area contributed by atoms with Crippen molar-refractivity contribution in [3.8, 4) is 0 Å². The Morgan fingerprint density at radius 3 is 2.53 bits per heavy atom. The van der Waals surface area contributed by atoms with Gasteiger partial charge in [0.25, 0.3) is 5.69 Å². The molecule has 0 heterocycles. The molecular formula is C12H16FN3O3. The van der Waals surface area contributed by atoms with Gasteiger partial charge in [0, 0.05) is 6.04 Å². The normalized spacial score (nSPS) is 12.1. The van der Waals surface area contributed by atoms with E-state index in [2.05, 4.69) is 10.6 Å². The van der Waals surface area contributed by atoms with E-state index in [9.17, 15) is 19.3 Å². The highest BCUT2D eigenvalue weighted by Gasteiger charge is 2.20. The molecule has 2 N–H and O–H groups in total. The Kier molecular flexibility index (Phi) is 4.80. The van der Waals surface area contributed by atoms with Gasteiger partial charge in [-0.1, -0.05) is 0 Å². The van der Waals surface area contributed by atoms with E-state index in [0.29, 0.717) is 0 Å². The number of nitro benzene ring substituents is 1. The second kappa shape index (κ2) is 6.12. The van der Waals surface area contributed by atoms with Crippen molar-refractivity contribution in [2.75, 3.05) is 5.32 Å². The lowest BCUT2D eigenvalue weighted by Gasteiger charge is -2.17. The number of amides is 1. The second-order valence-corrected chi connectivity index (χ2v) is 4.45. The molecule has 0 saturated heterocycles. The highest BCUT2D eigenvalue weighted by Crippen LogP contribution is 2.25. The van der Waals surface area contributed by atoms with Crippen LogP contribution in [0.5, 0.6) is 0 Å². The van der Waals surface area contributed by atoms with Gasteiger partial charge in [0.15, 0.2) is 0 Å². The van der Waals surface area contributed by atoms with Crippen LogP contribution in [0.15, 0.2) is 18.2 Å². The average molecular weight is 269 g/mol. The smallest absolute Gasteiger partial charge is 0.295 e. The predicted octanol–water partition coefficient (Wildman–Crippen LogP) is 2.06. The molecule has 7 heteroatoms. The zero-order valence-electron chi connectivity index (χ0n) is 10.9. The van der Waals surface area contributed by atoms with E-state index in [1.54, 1.807) is 6.92 Å². The summed E-state index contributed by atoms with van der Waals surface area (Å²) in [6.07, 6.45) is 0. The summed E-state index contributed by atoms with van der Waals surface area (Å²) in [4.78, 5) is 21.8. The van der Waals surface area contributed by atoms with Gasteiger partial charge >= 0.3 is 0 Å². The van der Waals surface area contributed by atoms with E-state index in [0.717, 1.165) is 12.1 Å². The highest BCUT2D eigenvalue weighted by atomic mass is 19.1. The van der Waals surface area contributed by atoms with E-state index >= 15 is 0 Å². The number of halogens is 1. The predicted molar refractivity (Wildman–Crippen MR) is 69.4 cm³/mol. The van der Waals surface area contributed by atoms with Crippen LogP contribution >= 0.6 is 0 Å². The molecule has 0 spiro atoms. The van der Waals surface area contributed by atoms with Crippen molar-refractivity contribution in [1.29, 1.82) is 0 Å². The highest BCUT2D eigenvalue weighted by molar-refractivity contribution is 5.85. The van der Waals surface area contributed by atoms with Crippen molar-refractivity contribution in [3.05, 3.63) is 34.1 Å². The number of nitrogens with zero attached hydrogens (tertiary/aromatic N) is 1. The summed E-state index contributed by atoms with van der Waals surface area (Å²) in [5.74, 6) is -0.981. The summed E-state index contributed by atoms with van der Waals surface area (Å²) in [6.45, 7) is 5.20. The molecule has 0 aromatic heterocycles. The van der Waals surface area contributed by atoms with Crippen molar-refractivity contribution >= 4 is 17.3 Å². The van der Waals surface area contributed by atoms with Crippen LogP contribution in [-0.4, -0.2) is 22.9 Å². The molecule has 0 radical (unpaired) electrons. The van der Waals surface area contributed by atoms with E-state index in [4.69, 9.17) is 0 Å². The number of rotatable bonds is 5. The molecule has 0 fully saturated rings. The average Bonchev–Trinajstić information content (AvgIpc) is 2.30. The molecule has 0 saturated carbocycles. The first kappa shape index (κ1) is 14.9. The number of hydrogen-bond donors (Lipinski definition) is 2. The quantitative estimate of drug-likeness (QED) is 0.633. The van der Waals surface area contributed by atoms with Crippen LogP contribution in [-0.2, 0) is 4.79 Å². The first-order chi connectivity index (χ1) is 8.81. The fourth-order valence-electron chi connectivity index (χ4n) is 1.49. The van der Waals surface area contributed by atoms with Gasteiger partial charge in [0.05, 0.1) is 11.0 Å². The third-order valence-electron chi connectivity index (χ3n) is 2.35. The first-order valence-electron chi connectivity index (χ1n) is 5.82. The third-order valence-corrected chi connectivity index (χ3v) is 2.35. The van der Waals surface area contributed by atoms with Gasteiger partial charge in [-0.25, -0.2) is 4.39 Å². The zero-order chi connectivity index (χ0) is 14.6. The van der Waals surface area contributed by atoms with Gasteiger partial charge < -0.3 is 10.6 Å². The van der Waals surface area contributed by atoms with E-state index < -0.39 is 22.5 Å². The largest absolute Gasteiger partial charge is 0.368 e. The van der Waals surface area contributed by atoms with E-state index in [-0.39, 0.29) is 17.6 Å². The second-order valence-electron chi connectivity index (χ2n) is 4.45. The molecule has 104 valence electrons. The monoisotopic (exact) mass is 269 g/mol. The number of carbonyl (C=O) groups excluding carboxylic acids is 1. The number of nitro groups is 1. The first-order valence-corrected chi connectivity index (χ1v) is 5.82. The third kappa shape index (κ3) is 4.20. The summed E-state index contributed by atoms with van der Waals surface area (Å²) in [5, 5.41) is 16.2. The lowest BCUT2D eigenvalue weighted by molar-refractivity contribution is -0.384. The minimum atomic E-state index is -0.698. The summed E-state index contributed by atoms with van der Waals surface area (Å²) in [6, 6.07) is 2.47. The lowest BCUT2D eigenvalue weighted by Crippen LogP contribution is -2.41. The van der Waals surface area contributed by atoms with Crippen LogP contribution in [0.25, 0.3) is 0 Å². The molecule has 1 amide bonds. The summed E-state index contributed by atoms with van der Waals surface area (Å²) >= 11 is 0. The van der Waals surface area contributed by atoms with Crippen molar-refractivity contribution in [3.63, 3.8) is 0 Å². The minimum Gasteiger partial charge on any atom is -0.368 e. The number of benzene rings is 1. The summed E-state index contributed by atoms with van der Waals surface area (Å²) < 4.78 is 13.0. The van der Waals surface area contributed by atoms with Gasteiger partial charge in [0.2, 0.25) is 5.91 Å². The fourth-order valence-corrected chi connectivity index (χ4v) is 1.49. The summed E-state index contributed by atoms with van der Waals surface area (Å²) in [7, 11) is 0. The molecule has 0 aliphatic rings. The van der Waals surface area contributed by atoms with E-state index in [1.165, 1.54) is 6.07 Å². The Balaban J connectivity index is 2.87. The van der Waals surface area contributed by atoms with Crippen LogP contribution < -0.4 is 10.6 Å². The molecule has 1 atom stereocenters. The zero-order valence-corrected chi connectivity index (χ0v) is 10.9. The maximum Gasteiger partial charge on any atom is 0.295 e. The van der Waals surface area contributed by atoms with Crippen LogP contribution in [0.1, 0.15) is 20.8 Å². The maximum atomic E-state index is 13.0. The topological polar surface area (TPSA) is 84.3 Å². The van der Waals surface area contributed by atoms with Gasteiger partial charge in [-0.3, -0.25) is 14.9 Å². The Morgan fingerprint density at radius 2 is 2.00 bits per heavy atom. The molecule has 1 rings (SSSR count). The Morgan fingerprint density at radius 1 is 1.37 bits per heavy atom. The van der Waals surface area contributed by atoms with Gasteiger partial charge in [0.1, 0.15) is 17.5 Å². The van der Waals surface area contributed by atoms with Crippen LogP contribution in [0, 0.1) is 15.9 Å². The molecular weight excluding hydrogens is 253 g/mol. The van der Waals surface area contributed by atoms with Crippen molar-refractivity contribution in [2.24, 2.45) is 0 Å². The van der Waals surface area contributed by atoms with Crippen molar-refractivity contribution in [1.82, 2.24) is 5.32 Å². The molecule has 1 aromatic carbocycles. The van der Waals surface area contributed by atoms with Gasteiger partial charge in [-0.2, -0.15) is 0 Å². The molecule has 6 nitrogen and oxygen atoms in total. The SMILES string of the molecule is CC(C)NC(=O)C(C)Nc1ccc(F)cc1[N+](=O)[O-]. The number of carbonyl (C=O) groups is 1.